The van der Waals surface area contributed by atoms with E-state index >= 15 is 0 Å². The number of sulfone groups is 1. The number of rotatable bonds is 19. The van der Waals surface area contributed by atoms with Crippen molar-refractivity contribution >= 4 is 192 Å². The molecule has 0 aliphatic heterocycles. The Bertz CT molecular complexity index is 6840. The van der Waals surface area contributed by atoms with Crippen LogP contribution in [0.4, 0.5) is 28.4 Å². The molecule has 15 rings (SSSR count). The number of anilines is 5. The van der Waals surface area contributed by atoms with E-state index in [2.05, 4.69) is 56.5 Å². The molecule has 15 aromatic rings. The van der Waals surface area contributed by atoms with E-state index in [0.717, 1.165) is 38.7 Å². The first-order chi connectivity index (χ1) is 60.2. The van der Waals surface area contributed by atoms with E-state index in [1.807, 2.05) is 78.9 Å². The van der Waals surface area contributed by atoms with E-state index in [1.54, 1.807) is 158 Å². The van der Waals surface area contributed by atoms with Gasteiger partial charge < -0.3 is 26.6 Å². The molecule has 126 heavy (non-hydrogen) atoms. The largest absolute Gasteiger partial charge is 0.322 e. The molecular weight excluding hydrogens is 1850 g/mol. The number of benzene rings is 8. The highest BCUT2D eigenvalue weighted by molar-refractivity contribution is 7.92. The molecule has 7 aromatic heterocycles. The van der Waals surface area contributed by atoms with Gasteiger partial charge in [-0.25, -0.2) is 39.7 Å². The number of aromatic nitrogens is 6. The number of thiophene rings is 1. The van der Waals surface area contributed by atoms with E-state index in [1.165, 1.54) is 86.9 Å². The maximum atomic E-state index is 12.5. The lowest BCUT2D eigenvalue weighted by molar-refractivity contribution is 0.101. The topological polar surface area (TPSA) is 355 Å². The maximum Gasteiger partial charge on any atom is 0.265 e. The summed E-state index contributed by atoms with van der Waals surface area (Å²) in [4.78, 5) is 87.5. The van der Waals surface area contributed by atoms with Gasteiger partial charge in [0.1, 0.15) is 14.5 Å². The van der Waals surface area contributed by atoms with Gasteiger partial charge in [-0.3, -0.25) is 48.9 Å². The zero-order chi connectivity index (χ0) is 90.4. The molecule has 7 N–H and O–H groups in total. The SMILES string of the molecule is CN(C)S(=O)(=O)c1ccc(C(=O)Nc2ccc(Cl)c(-c3ccccn3)c2)cc1.CS(=O)(=O)c1ccc(C(=O)Nc2ccc(Cl)c(-c3ccccn3)c2)s1.NS(=O)(=O)c1ccc(C(=O)Nc2ccc(Cl)c(-c3ccccn3)c2)cc1.O=C(Nc1ccc(Cl)c(-c2ccccn2)c1)c1ccc(Cl)nc1Cl.O=C(Nc1ccc(Cl)c(-c2ccccn2)c1)c1ccccc1Cl. The molecule has 0 unspecified atom stereocenters. The minimum absolute atomic E-state index is 0.0407. The third-order valence-corrected chi connectivity index (χ3v) is 25.7. The lowest BCUT2D eigenvalue weighted by Crippen LogP contribution is -2.22. The fourth-order valence-corrected chi connectivity index (χ4v) is 16.2. The van der Waals surface area contributed by atoms with Gasteiger partial charge in [-0.1, -0.05) is 135 Å². The molecule has 8 aromatic carbocycles. The van der Waals surface area contributed by atoms with Crippen molar-refractivity contribution in [3.8, 4) is 56.3 Å². The Hall–Kier alpha value is -12.2. The number of hydrogen-bond donors (Lipinski definition) is 6. The molecule has 7 heterocycles. The lowest BCUT2D eigenvalue weighted by atomic mass is 10.1. The van der Waals surface area contributed by atoms with Crippen molar-refractivity contribution in [1.29, 1.82) is 0 Å². The number of sulfonamides is 2. The van der Waals surface area contributed by atoms with Crippen molar-refractivity contribution < 1.29 is 49.2 Å². The normalized spacial score (nSPS) is 11.0. The van der Waals surface area contributed by atoms with Crippen molar-refractivity contribution in [2.24, 2.45) is 5.14 Å². The molecule has 24 nitrogen and oxygen atoms in total. The van der Waals surface area contributed by atoms with Gasteiger partial charge in [0, 0.05) is 119 Å². The number of nitrogens with two attached hydrogens (primary N) is 1. The second-order valence-electron chi connectivity index (χ2n) is 26.5. The van der Waals surface area contributed by atoms with E-state index in [0.29, 0.717) is 120 Å². The van der Waals surface area contributed by atoms with Crippen LogP contribution < -0.4 is 31.7 Å². The Morgan fingerprint density at radius 3 is 0.952 bits per heavy atom. The van der Waals surface area contributed by atoms with Gasteiger partial charge in [0.2, 0.25) is 20.0 Å². The molecule has 5 amide bonds. The van der Waals surface area contributed by atoms with Gasteiger partial charge in [0.15, 0.2) is 9.84 Å². The number of carbonyl (C=O) groups is 5. The number of nitrogens with zero attached hydrogens (tertiary/aromatic N) is 7. The van der Waals surface area contributed by atoms with Crippen molar-refractivity contribution in [1.82, 2.24) is 34.2 Å². The second kappa shape index (κ2) is 43.6. The van der Waals surface area contributed by atoms with Crippen LogP contribution in [0.2, 0.25) is 40.4 Å². The van der Waals surface area contributed by atoms with Gasteiger partial charge in [0.05, 0.1) is 84.4 Å². The molecular formula is C90H67Cl8N13O11S4. The number of nitrogens with one attached hydrogen (secondary N) is 5. The first kappa shape index (κ1) is 94.5. The maximum absolute atomic E-state index is 12.5. The molecule has 0 saturated carbocycles. The van der Waals surface area contributed by atoms with Crippen LogP contribution in [0, 0.1) is 0 Å². The summed E-state index contributed by atoms with van der Waals surface area (Å²) in [5, 5.41) is 22.3. The Labute approximate surface area is 768 Å². The Balaban J connectivity index is 0.000000153. The summed E-state index contributed by atoms with van der Waals surface area (Å²) in [6.07, 6.45) is 9.47. The molecule has 638 valence electrons. The summed E-state index contributed by atoms with van der Waals surface area (Å²) in [6, 6.07) is 77.2. The van der Waals surface area contributed by atoms with Crippen LogP contribution in [0.25, 0.3) is 56.3 Å². The molecule has 36 heteroatoms. The summed E-state index contributed by atoms with van der Waals surface area (Å²) < 4.78 is 71.1. The molecule has 0 fully saturated rings. The number of halogens is 8. The van der Waals surface area contributed by atoms with Crippen LogP contribution in [0.3, 0.4) is 0 Å². The Morgan fingerprint density at radius 2 is 0.651 bits per heavy atom. The van der Waals surface area contributed by atoms with Gasteiger partial charge in [0.25, 0.3) is 29.5 Å². The average Bonchev–Trinajstić information content (AvgIpc) is 1.34. The standard InChI is InChI=1S/C20H18ClN3O3S.C18H12Cl2N2O.C18H14ClN3O3S.C17H10Cl3N3O.C17H13ClN2O3S2/c1-24(2)28(26,27)16-9-6-14(7-10-16)20(25)23-15-8-11-18(21)17(13-15)19-5-3-4-12-22-19;19-15-6-2-1-5-13(15)18(23)22-12-8-9-16(20)14(11-12)17-7-3-4-10-21-17;19-16-9-6-13(11-15(16)17-3-1-2-10-21-17)22-18(23)12-4-7-14(8-5-12)26(20,24)25;18-13-6-4-10(9-12(13)14-3-1-2-8-21-14)22-17(24)11-5-7-15(19)23-16(11)20;1-25(22,23)16-8-7-15(24-16)17(21)20-11-5-6-13(18)12(10-11)14-4-2-3-9-19-14/h3-13H,1-2H3,(H,23,25);1-11H,(H,22,23);1-11H,(H,22,23)(H2,20,24,25);1-9H,(H,22,24);2-10H,1H3,(H,20,21). The van der Waals surface area contributed by atoms with Crippen molar-refractivity contribution in [2.45, 2.75) is 14.0 Å². The third kappa shape index (κ3) is 26.0. The number of pyridine rings is 6. The van der Waals surface area contributed by atoms with Crippen molar-refractivity contribution in [3.63, 3.8) is 0 Å². The molecule has 0 radical (unpaired) electrons. The molecule has 0 bridgehead atoms. The highest BCUT2D eigenvalue weighted by Crippen LogP contribution is 2.36. The van der Waals surface area contributed by atoms with E-state index in [9.17, 15) is 49.2 Å². The summed E-state index contributed by atoms with van der Waals surface area (Å²) in [7, 11) is -7.75. The minimum atomic E-state index is -3.80. The number of primary sulfonamides is 1. The number of hydrogen-bond acceptors (Lipinski definition) is 18. The fourth-order valence-electron chi connectivity index (χ4n) is 11.3. The quantitative estimate of drug-likeness (QED) is 0.0410. The first-order valence-corrected chi connectivity index (χ1v) is 45.5. The van der Waals surface area contributed by atoms with Crippen LogP contribution in [0.1, 0.15) is 51.1 Å². The van der Waals surface area contributed by atoms with Crippen LogP contribution in [0.5, 0.6) is 0 Å². The summed E-state index contributed by atoms with van der Waals surface area (Å²) in [5.41, 5.74) is 11.2. The van der Waals surface area contributed by atoms with Gasteiger partial charge >= 0.3 is 0 Å². The average molecular weight is 1920 g/mol. The monoisotopic (exact) mass is 1910 g/mol. The van der Waals surface area contributed by atoms with Crippen molar-refractivity contribution in [3.05, 3.63) is 378 Å². The Morgan fingerprint density at radius 1 is 0.333 bits per heavy atom. The summed E-state index contributed by atoms with van der Waals surface area (Å²) in [5.74, 6) is -1.79. The van der Waals surface area contributed by atoms with Crippen LogP contribution >= 0.6 is 104 Å². The summed E-state index contributed by atoms with van der Waals surface area (Å²) >= 11 is 49.8. The number of amides is 5. The lowest BCUT2D eigenvalue weighted by Gasteiger charge is -2.12. The Kier molecular flexibility index (Phi) is 32.7. The predicted octanol–water partition coefficient (Wildman–Crippen LogP) is 22.0. The van der Waals surface area contributed by atoms with Gasteiger partial charge in [-0.15, -0.1) is 11.3 Å². The van der Waals surface area contributed by atoms with E-state index in [-0.39, 0.29) is 53.5 Å². The predicted molar refractivity (Wildman–Crippen MR) is 501 cm³/mol. The highest BCUT2D eigenvalue weighted by Gasteiger charge is 2.22. The second-order valence-corrected chi connectivity index (χ2v) is 36.8. The fraction of sp³-hybridized carbons (Fsp3) is 0.0333. The zero-order valence-electron chi connectivity index (χ0n) is 65.8. The smallest absolute Gasteiger partial charge is 0.265 e. The van der Waals surface area contributed by atoms with Crippen molar-refractivity contribution in [2.75, 3.05) is 46.9 Å². The molecule has 0 saturated heterocycles. The van der Waals surface area contributed by atoms with Crippen LogP contribution in [0.15, 0.2) is 324 Å². The van der Waals surface area contributed by atoms with Gasteiger partial charge in [-0.05, 0) is 237 Å². The third-order valence-electron chi connectivity index (χ3n) is 17.5. The minimum Gasteiger partial charge on any atom is -0.322 e. The number of carbonyl (C=O) groups excluding carboxylic acids is 5. The zero-order valence-corrected chi connectivity index (χ0v) is 75.1. The highest BCUT2D eigenvalue weighted by atomic mass is 35.5. The molecule has 0 aliphatic carbocycles. The molecule has 0 aliphatic rings. The molecule has 0 atom stereocenters. The van der Waals surface area contributed by atoms with E-state index in [4.69, 9.17) is 97.9 Å². The van der Waals surface area contributed by atoms with Crippen LogP contribution in [-0.2, 0) is 29.9 Å². The van der Waals surface area contributed by atoms with Gasteiger partial charge in [-0.2, -0.15) is 0 Å². The molecule has 0 spiro atoms. The summed E-state index contributed by atoms with van der Waals surface area (Å²) in [6.45, 7) is 0. The first-order valence-electron chi connectivity index (χ1n) is 36.8. The van der Waals surface area contributed by atoms with E-state index < -0.39 is 35.8 Å². The van der Waals surface area contributed by atoms with Crippen LogP contribution in [-0.4, -0.2) is 109 Å².